The van der Waals surface area contributed by atoms with E-state index in [1.54, 1.807) is 0 Å². The van der Waals surface area contributed by atoms with Crippen molar-refractivity contribution < 1.29 is 9.53 Å². The van der Waals surface area contributed by atoms with Crippen molar-refractivity contribution in [2.45, 2.75) is 20.8 Å². The lowest BCUT2D eigenvalue weighted by Crippen LogP contribution is -2.17. The van der Waals surface area contributed by atoms with Gasteiger partial charge in [-0.1, -0.05) is 28.1 Å². The molecule has 0 heterocycles. The second kappa shape index (κ2) is 6.09. The van der Waals surface area contributed by atoms with E-state index in [2.05, 4.69) is 21.2 Å². The van der Waals surface area contributed by atoms with Gasteiger partial charge in [0.2, 0.25) is 0 Å². The summed E-state index contributed by atoms with van der Waals surface area (Å²) in [5.74, 6) is 0.566. The van der Waals surface area contributed by atoms with Crippen LogP contribution >= 0.6 is 15.9 Å². The maximum absolute atomic E-state index is 11.9. The number of rotatable bonds is 2. The van der Waals surface area contributed by atoms with Crippen LogP contribution in [0.1, 0.15) is 16.7 Å². The molecule has 2 aromatic carbocycles. The second-order valence-electron chi connectivity index (χ2n) is 4.75. The van der Waals surface area contributed by atoms with Gasteiger partial charge in [-0.05, 0) is 61.7 Å². The van der Waals surface area contributed by atoms with Crippen LogP contribution in [-0.2, 0) is 0 Å². The zero-order valence-electron chi connectivity index (χ0n) is 11.7. The number of halogens is 1. The van der Waals surface area contributed by atoms with E-state index in [9.17, 15) is 4.79 Å². The number of nitrogens with one attached hydrogen (secondary N) is 1. The van der Waals surface area contributed by atoms with Gasteiger partial charge in [-0.15, -0.1) is 0 Å². The van der Waals surface area contributed by atoms with Crippen molar-refractivity contribution in [2.24, 2.45) is 0 Å². The molecule has 0 fully saturated rings. The maximum atomic E-state index is 11.9. The van der Waals surface area contributed by atoms with Crippen LogP contribution in [0.3, 0.4) is 0 Å². The lowest BCUT2D eigenvalue weighted by Gasteiger charge is -2.11. The van der Waals surface area contributed by atoms with Gasteiger partial charge in [0, 0.05) is 10.2 Å². The Kier molecular flexibility index (Phi) is 4.45. The van der Waals surface area contributed by atoms with Gasteiger partial charge in [-0.2, -0.15) is 0 Å². The first-order chi connectivity index (χ1) is 9.45. The Morgan fingerprint density at radius 1 is 1.10 bits per heavy atom. The SMILES string of the molecule is Cc1cccc(NC(=O)Oc2cc(C)c(Br)cc2C)c1. The summed E-state index contributed by atoms with van der Waals surface area (Å²) in [6.45, 7) is 5.83. The van der Waals surface area contributed by atoms with Crippen LogP contribution in [-0.4, -0.2) is 6.09 Å². The molecule has 0 saturated heterocycles. The van der Waals surface area contributed by atoms with Crippen molar-refractivity contribution >= 4 is 27.7 Å². The highest BCUT2D eigenvalue weighted by Crippen LogP contribution is 2.26. The van der Waals surface area contributed by atoms with Gasteiger partial charge in [-0.3, -0.25) is 5.32 Å². The van der Waals surface area contributed by atoms with E-state index in [1.165, 1.54) is 0 Å². The van der Waals surface area contributed by atoms with Gasteiger partial charge >= 0.3 is 6.09 Å². The first kappa shape index (κ1) is 14.6. The molecular weight excluding hydrogens is 318 g/mol. The van der Waals surface area contributed by atoms with Crippen molar-refractivity contribution in [2.75, 3.05) is 5.32 Å². The summed E-state index contributed by atoms with van der Waals surface area (Å²) in [6.07, 6.45) is -0.486. The number of benzene rings is 2. The van der Waals surface area contributed by atoms with Crippen LogP contribution in [0.4, 0.5) is 10.5 Å². The minimum absolute atomic E-state index is 0.486. The molecular formula is C16H16BrNO2. The van der Waals surface area contributed by atoms with Gasteiger partial charge in [0.05, 0.1) is 0 Å². The molecule has 0 aromatic heterocycles. The summed E-state index contributed by atoms with van der Waals surface area (Å²) in [4.78, 5) is 11.9. The van der Waals surface area contributed by atoms with Crippen LogP contribution in [0.25, 0.3) is 0 Å². The molecule has 3 nitrogen and oxygen atoms in total. The molecule has 4 heteroatoms. The fraction of sp³-hybridized carbons (Fsp3) is 0.188. The summed E-state index contributed by atoms with van der Waals surface area (Å²) in [7, 11) is 0. The molecule has 0 bridgehead atoms. The summed E-state index contributed by atoms with van der Waals surface area (Å²) in [6, 6.07) is 11.4. The number of aryl methyl sites for hydroxylation is 3. The molecule has 0 radical (unpaired) electrons. The average Bonchev–Trinajstić information content (AvgIpc) is 2.36. The fourth-order valence-corrected chi connectivity index (χ4v) is 2.29. The number of carbonyl (C=O) groups excluding carboxylic acids is 1. The molecule has 1 N–H and O–H groups in total. The van der Waals surface area contributed by atoms with E-state index < -0.39 is 6.09 Å². The molecule has 2 rings (SSSR count). The van der Waals surface area contributed by atoms with E-state index in [0.717, 1.165) is 26.9 Å². The molecule has 0 aliphatic heterocycles. The third kappa shape index (κ3) is 3.61. The van der Waals surface area contributed by atoms with E-state index in [0.29, 0.717) is 5.75 Å². The Morgan fingerprint density at radius 3 is 2.55 bits per heavy atom. The zero-order chi connectivity index (χ0) is 14.7. The summed E-state index contributed by atoms with van der Waals surface area (Å²) in [5.41, 5.74) is 3.73. The minimum Gasteiger partial charge on any atom is -0.410 e. The van der Waals surface area contributed by atoms with Crippen molar-refractivity contribution in [1.29, 1.82) is 0 Å². The van der Waals surface area contributed by atoms with Gasteiger partial charge < -0.3 is 4.74 Å². The molecule has 0 saturated carbocycles. The number of hydrogen-bond acceptors (Lipinski definition) is 2. The molecule has 20 heavy (non-hydrogen) atoms. The number of ether oxygens (including phenoxy) is 1. The molecule has 0 aliphatic carbocycles. The van der Waals surface area contributed by atoms with Gasteiger partial charge in [-0.25, -0.2) is 4.79 Å². The van der Waals surface area contributed by atoms with Crippen molar-refractivity contribution in [3.8, 4) is 5.75 Å². The number of carbonyl (C=O) groups is 1. The summed E-state index contributed by atoms with van der Waals surface area (Å²) >= 11 is 3.45. The molecule has 0 spiro atoms. The molecule has 0 atom stereocenters. The molecule has 0 aliphatic rings. The Balaban J connectivity index is 2.10. The van der Waals surface area contributed by atoms with Crippen LogP contribution in [0.2, 0.25) is 0 Å². The summed E-state index contributed by atoms with van der Waals surface area (Å²) < 4.78 is 6.36. The van der Waals surface area contributed by atoms with E-state index in [4.69, 9.17) is 4.74 Å². The summed E-state index contributed by atoms with van der Waals surface area (Å²) in [5, 5.41) is 2.72. The van der Waals surface area contributed by atoms with Crippen molar-refractivity contribution in [3.05, 3.63) is 57.6 Å². The van der Waals surface area contributed by atoms with Crippen LogP contribution in [0, 0.1) is 20.8 Å². The highest BCUT2D eigenvalue weighted by Gasteiger charge is 2.09. The molecule has 104 valence electrons. The maximum Gasteiger partial charge on any atom is 0.417 e. The third-order valence-electron chi connectivity index (χ3n) is 2.92. The molecule has 0 unspecified atom stereocenters. The first-order valence-electron chi connectivity index (χ1n) is 6.28. The van der Waals surface area contributed by atoms with Crippen molar-refractivity contribution in [3.63, 3.8) is 0 Å². The number of anilines is 1. The van der Waals surface area contributed by atoms with E-state index in [-0.39, 0.29) is 0 Å². The number of amides is 1. The quantitative estimate of drug-likeness (QED) is 0.841. The normalized spacial score (nSPS) is 10.2. The molecule has 2 aromatic rings. The smallest absolute Gasteiger partial charge is 0.410 e. The van der Waals surface area contributed by atoms with Gasteiger partial charge in [0.1, 0.15) is 5.75 Å². The zero-order valence-corrected chi connectivity index (χ0v) is 13.2. The lowest BCUT2D eigenvalue weighted by atomic mass is 10.1. The topological polar surface area (TPSA) is 38.3 Å². The predicted octanol–water partition coefficient (Wildman–Crippen LogP) is 4.99. The second-order valence-corrected chi connectivity index (χ2v) is 5.61. The van der Waals surface area contributed by atoms with E-state index in [1.807, 2.05) is 57.2 Å². The lowest BCUT2D eigenvalue weighted by molar-refractivity contribution is 0.215. The molecule has 1 amide bonds. The van der Waals surface area contributed by atoms with Crippen LogP contribution in [0.15, 0.2) is 40.9 Å². The minimum atomic E-state index is -0.486. The Labute approximate surface area is 127 Å². The van der Waals surface area contributed by atoms with Gasteiger partial charge in [0.25, 0.3) is 0 Å². The Hall–Kier alpha value is -1.81. The van der Waals surface area contributed by atoms with E-state index >= 15 is 0 Å². The standard InChI is InChI=1S/C16H16BrNO2/c1-10-5-4-6-13(7-10)18-16(19)20-15-9-11(2)14(17)8-12(15)3/h4-9H,1-3H3,(H,18,19). The highest BCUT2D eigenvalue weighted by molar-refractivity contribution is 9.10. The van der Waals surface area contributed by atoms with Crippen LogP contribution < -0.4 is 10.1 Å². The average molecular weight is 334 g/mol. The van der Waals surface area contributed by atoms with Crippen LogP contribution in [0.5, 0.6) is 5.75 Å². The Morgan fingerprint density at radius 2 is 1.85 bits per heavy atom. The number of hydrogen-bond donors (Lipinski definition) is 1. The fourth-order valence-electron chi connectivity index (χ4n) is 1.83. The third-order valence-corrected chi connectivity index (χ3v) is 3.78. The highest BCUT2D eigenvalue weighted by atomic mass is 79.9. The largest absolute Gasteiger partial charge is 0.417 e. The van der Waals surface area contributed by atoms with Crippen molar-refractivity contribution in [1.82, 2.24) is 0 Å². The Bertz CT molecular complexity index is 653. The predicted molar refractivity (Wildman–Crippen MR) is 84.4 cm³/mol. The monoisotopic (exact) mass is 333 g/mol. The first-order valence-corrected chi connectivity index (χ1v) is 7.07. The van der Waals surface area contributed by atoms with Gasteiger partial charge in [0.15, 0.2) is 0 Å².